The van der Waals surface area contributed by atoms with Crippen LogP contribution in [0.2, 0.25) is 0 Å². The highest BCUT2D eigenvalue weighted by molar-refractivity contribution is 8.01. The zero-order chi connectivity index (χ0) is 32.6. The van der Waals surface area contributed by atoms with Gasteiger partial charge < -0.3 is 30.0 Å². The molecule has 4 aliphatic rings. The minimum atomic E-state index is -0.564. The van der Waals surface area contributed by atoms with E-state index in [0.29, 0.717) is 64.2 Å². The van der Waals surface area contributed by atoms with E-state index in [-0.39, 0.29) is 48.7 Å². The molecule has 3 fully saturated rings. The second kappa shape index (κ2) is 13.4. The SMILES string of the molecule is CC(C)(C)CCN1C(=O)[C@H](CC(=O)N2CCC(N3CCc4ccccc4NC3=O)CC2)SC1c1cccc(F)c1N1CC[C@H](O)C1.[HH].[HH].[HH].[HH].[HH]. The Bertz CT molecular complexity index is 1480. The fraction of sp³-hybridized carbons (Fsp3) is 0.571. The number of piperidine rings is 1. The molecule has 0 spiro atoms. The van der Waals surface area contributed by atoms with Gasteiger partial charge in [-0.05, 0) is 55.2 Å². The Hall–Kier alpha value is -3.31. The van der Waals surface area contributed by atoms with Crippen LogP contribution >= 0.6 is 11.8 Å². The maximum absolute atomic E-state index is 15.4. The van der Waals surface area contributed by atoms with Crippen LogP contribution in [0.1, 0.15) is 76.5 Å². The third kappa shape index (κ3) is 7.00. The van der Waals surface area contributed by atoms with E-state index < -0.39 is 16.7 Å². The Balaban J connectivity index is 0.00000260. The molecule has 0 aromatic heterocycles. The van der Waals surface area contributed by atoms with E-state index in [1.54, 1.807) is 6.07 Å². The molecule has 6 rings (SSSR count). The number of fused-ring (bicyclic) bond motifs is 1. The number of aliphatic hydroxyl groups excluding tert-OH is 1. The van der Waals surface area contributed by atoms with Crippen LogP contribution in [0.15, 0.2) is 42.5 Å². The molecule has 2 aromatic carbocycles. The maximum atomic E-state index is 15.4. The average molecular weight is 662 g/mol. The van der Waals surface area contributed by atoms with Crippen LogP contribution < -0.4 is 10.2 Å². The van der Waals surface area contributed by atoms with Crippen molar-refractivity contribution in [3.8, 4) is 0 Å². The summed E-state index contributed by atoms with van der Waals surface area (Å²) in [6.07, 6.45) is 3.08. The molecule has 0 bridgehead atoms. The molecular weight excluding hydrogens is 605 g/mol. The van der Waals surface area contributed by atoms with Gasteiger partial charge in [-0.1, -0.05) is 51.1 Å². The van der Waals surface area contributed by atoms with Crippen molar-refractivity contribution in [1.82, 2.24) is 14.7 Å². The summed E-state index contributed by atoms with van der Waals surface area (Å²) < 4.78 is 15.4. The van der Waals surface area contributed by atoms with Crippen molar-refractivity contribution in [1.29, 1.82) is 0 Å². The van der Waals surface area contributed by atoms with E-state index in [9.17, 15) is 19.5 Å². The Morgan fingerprint density at radius 1 is 1.04 bits per heavy atom. The summed E-state index contributed by atoms with van der Waals surface area (Å²) >= 11 is 1.44. The van der Waals surface area contributed by atoms with Gasteiger partial charge in [0.05, 0.1) is 17.0 Å². The van der Waals surface area contributed by atoms with E-state index in [1.165, 1.54) is 17.8 Å². The minimum Gasteiger partial charge on any atom is -0.391 e. The summed E-state index contributed by atoms with van der Waals surface area (Å²) in [6.45, 7) is 9.52. The van der Waals surface area contributed by atoms with Gasteiger partial charge in [0.15, 0.2) is 0 Å². The Morgan fingerprint density at radius 2 is 1.80 bits per heavy atom. The number of nitrogens with zero attached hydrogens (tertiary/aromatic N) is 4. The molecule has 4 heterocycles. The van der Waals surface area contributed by atoms with Crippen LogP contribution in [0.4, 0.5) is 20.6 Å². The number of hydrogen-bond acceptors (Lipinski definition) is 6. The lowest BCUT2D eigenvalue weighted by Crippen LogP contribution is -2.50. The summed E-state index contributed by atoms with van der Waals surface area (Å²) in [7, 11) is 0. The number of carbonyl (C=O) groups is 3. The van der Waals surface area contributed by atoms with Crippen molar-refractivity contribution in [3.63, 3.8) is 0 Å². The molecule has 0 radical (unpaired) electrons. The molecule has 258 valence electrons. The number of carbonyl (C=O) groups excluding carboxylic acids is 3. The number of urea groups is 1. The molecule has 4 aliphatic heterocycles. The molecule has 0 saturated carbocycles. The number of hydrogen-bond donors (Lipinski definition) is 2. The zero-order valence-electron chi connectivity index (χ0n) is 27.1. The number of benzene rings is 2. The number of aliphatic hydroxyl groups is 1. The van der Waals surface area contributed by atoms with E-state index in [0.717, 1.165) is 29.7 Å². The number of nitrogens with one attached hydrogen (secondary N) is 1. The summed E-state index contributed by atoms with van der Waals surface area (Å²) in [5.74, 6) is -0.504. The largest absolute Gasteiger partial charge is 0.391 e. The van der Waals surface area contributed by atoms with E-state index in [1.807, 2.05) is 49.9 Å². The quantitative estimate of drug-likeness (QED) is 0.353. The lowest BCUT2D eigenvalue weighted by atomic mass is 9.92. The average Bonchev–Trinajstić information content (AvgIpc) is 3.53. The number of halogens is 1. The molecule has 46 heavy (non-hydrogen) atoms. The smallest absolute Gasteiger partial charge is 0.322 e. The molecule has 2 N–H and O–H groups in total. The second-order valence-electron chi connectivity index (χ2n) is 14.2. The van der Waals surface area contributed by atoms with Crippen LogP contribution in [-0.4, -0.2) is 94.3 Å². The first kappa shape index (κ1) is 32.6. The summed E-state index contributed by atoms with van der Waals surface area (Å²) in [5.41, 5.74) is 3.14. The predicted octanol–water partition coefficient (Wildman–Crippen LogP) is 6.48. The van der Waals surface area contributed by atoms with Gasteiger partial charge in [0.25, 0.3) is 0 Å². The highest BCUT2D eigenvalue weighted by Gasteiger charge is 2.44. The topological polar surface area (TPSA) is 96.4 Å². The lowest BCUT2D eigenvalue weighted by molar-refractivity contribution is -0.137. The molecule has 0 aliphatic carbocycles. The minimum absolute atomic E-state index is 0. The van der Waals surface area contributed by atoms with E-state index in [4.69, 9.17) is 0 Å². The first-order valence-electron chi connectivity index (χ1n) is 16.6. The number of thioether (sulfide) groups is 1. The summed E-state index contributed by atoms with van der Waals surface area (Å²) in [5, 5.41) is 12.3. The van der Waals surface area contributed by atoms with Crippen LogP contribution in [0, 0.1) is 11.2 Å². The lowest BCUT2D eigenvalue weighted by Gasteiger charge is -2.38. The fourth-order valence-corrected chi connectivity index (χ4v) is 8.61. The number of likely N-dealkylation sites (tertiary alicyclic amines) is 1. The van der Waals surface area contributed by atoms with E-state index in [2.05, 4.69) is 26.1 Å². The number of amides is 4. The normalized spacial score (nSPS) is 24.3. The van der Waals surface area contributed by atoms with Crippen LogP contribution in [0.3, 0.4) is 0 Å². The number of anilines is 2. The Morgan fingerprint density at radius 3 is 2.52 bits per heavy atom. The fourth-order valence-electron chi connectivity index (χ4n) is 7.11. The molecule has 3 saturated heterocycles. The van der Waals surface area contributed by atoms with Crippen molar-refractivity contribution in [2.24, 2.45) is 5.41 Å². The summed E-state index contributed by atoms with van der Waals surface area (Å²) in [4.78, 5) is 48.1. The standard InChI is InChI=1S/C35H46FN5O4S.5H2/c1-35(2,3)15-20-41-32(44)29(46-33(41)26-8-6-9-27(36)31(26)39-18-14-25(42)22-39)21-30(43)38-16-12-24(13-17-38)40-19-11-23-7-4-5-10-28(23)37-34(40)45;;;;;/h4-10,24-25,29,33,42H,11-22H2,1-3H3,(H,37,45);5*1H/t25-,29-,33?;;;;;/m0...../s1. The Kier molecular flexibility index (Phi) is 9.53. The highest BCUT2D eigenvalue weighted by atomic mass is 32.2. The third-order valence-corrected chi connectivity index (χ3v) is 11.2. The first-order valence-corrected chi connectivity index (χ1v) is 17.5. The molecule has 4 amide bonds. The molecule has 2 aromatic rings. The number of rotatable bonds is 7. The van der Waals surface area contributed by atoms with Crippen molar-refractivity contribution in [3.05, 3.63) is 59.4 Å². The highest BCUT2D eigenvalue weighted by Crippen LogP contribution is 2.48. The molecule has 11 heteroatoms. The van der Waals surface area contributed by atoms with Gasteiger partial charge in [-0.3, -0.25) is 9.59 Å². The van der Waals surface area contributed by atoms with E-state index >= 15 is 4.39 Å². The van der Waals surface area contributed by atoms with Gasteiger partial charge >= 0.3 is 6.03 Å². The third-order valence-electron chi connectivity index (χ3n) is 9.76. The van der Waals surface area contributed by atoms with Gasteiger partial charge in [0.2, 0.25) is 11.8 Å². The molecule has 9 nitrogen and oxygen atoms in total. The second-order valence-corrected chi connectivity index (χ2v) is 15.5. The number of para-hydroxylation sites is 2. The van der Waals surface area contributed by atoms with Gasteiger partial charge in [0, 0.05) is 70.1 Å². The van der Waals surface area contributed by atoms with Crippen LogP contribution in [0.25, 0.3) is 0 Å². The summed E-state index contributed by atoms with van der Waals surface area (Å²) in [6, 6.07) is 12.8. The predicted molar refractivity (Wildman–Crippen MR) is 190 cm³/mol. The van der Waals surface area contributed by atoms with Crippen molar-refractivity contribution in [2.75, 3.05) is 49.5 Å². The van der Waals surface area contributed by atoms with Crippen molar-refractivity contribution < 1.29 is 31.0 Å². The molecular formula is C35H56FN5O4S. The van der Waals surface area contributed by atoms with Crippen molar-refractivity contribution >= 4 is 41.0 Å². The van der Waals surface area contributed by atoms with Gasteiger partial charge in [-0.15, -0.1) is 11.8 Å². The number of β-amino-alcohol motifs (C(OH)–C–C–N with tert-alkyl or cyclic N) is 1. The van der Waals surface area contributed by atoms with Crippen LogP contribution in [0.5, 0.6) is 0 Å². The monoisotopic (exact) mass is 661 g/mol. The maximum Gasteiger partial charge on any atom is 0.322 e. The van der Waals surface area contributed by atoms with Gasteiger partial charge in [-0.2, -0.15) is 0 Å². The van der Waals surface area contributed by atoms with Crippen LogP contribution in [-0.2, 0) is 16.0 Å². The first-order chi connectivity index (χ1) is 22.0. The Labute approximate surface area is 282 Å². The molecule has 1 unspecified atom stereocenters. The van der Waals surface area contributed by atoms with Crippen molar-refractivity contribution in [2.45, 2.75) is 82.1 Å². The van der Waals surface area contributed by atoms with Gasteiger partial charge in [0.1, 0.15) is 11.2 Å². The zero-order valence-corrected chi connectivity index (χ0v) is 27.9. The molecule has 3 atom stereocenters. The van der Waals surface area contributed by atoms with Gasteiger partial charge in [-0.25, -0.2) is 9.18 Å².